The number of phenolic OH excluding ortho intramolecular Hbond substituents is 1. The standard InChI is InChI=1S/C20H24N2O4S/c1-14-10-11-16(27(25,26)22-12-6-5-7-15(22)2)13-17(14)20(24)21-18-8-3-4-9-19(18)23/h3-4,8-11,13,15,23H,5-7,12H2,1-2H3,(H,21,24)/t15-/m1/s1. The van der Waals surface area contributed by atoms with E-state index in [-0.39, 0.29) is 27.9 Å². The van der Waals surface area contributed by atoms with Gasteiger partial charge in [-0.25, -0.2) is 8.42 Å². The largest absolute Gasteiger partial charge is 0.506 e. The molecule has 0 bridgehead atoms. The first-order valence-corrected chi connectivity index (χ1v) is 10.5. The molecule has 2 aromatic rings. The molecule has 1 heterocycles. The van der Waals surface area contributed by atoms with Crippen molar-refractivity contribution in [2.75, 3.05) is 11.9 Å². The number of benzene rings is 2. The van der Waals surface area contributed by atoms with E-state index in [9.17, 15) is 18.3 Å². The van der Waals surface area contributed by atoms with Gasteiger partial charge in [-0.15, -0.1) is 0 Å². The van der Waals surface area contributed by atoms with Crippen molar-refractivity contribution in [3.05, 3.63) is 53.6 Å². The highest BCUT2D eigenvalue weighted by atomic mass is 32.2. The molecule has 7 heteroatoms. The van der Waals surface area contributed by atoms with Crippen molar-refractivity contribution >= 4 is 21.6 Å². The normalized spacial score (nSPS) is 18.2. The first kappa shape index (κ1) is 19.4. The summed E-state index contributed by atoms with van der Waals surface area (Å²) in [5.41, 5.74) is 1.21. The van der Waals surface area contributed by atoms with Gasteiger partial charge >= 0.3 is 0 Å². The zero-order valence-electron chi connectivity index (χ0n) is 15.5. The smallest absolute Gasteiger partial charge is 0.256 e. The molecule has 0 aliphatic carbocycles. The number of nitrogens with one attached hydrogen (secondary N) is 1. The van der Waals surface area contributed by atoms with Crippen LogP contribution in [-0.4, -0.2) is 36.3 Å². The summed E-state index contributed by atoms with van der Waals surface area (Å²) in [7, 11) is -3.66. The third-order valence-electron chi connectivity index (χ3n) is 4.95. The number of phenols is 1. The van der Waals surface area contributed by atoms with Gasteiger partial charge in [0.15, 0.2) is 0 Å². The van der Waals surface area contributed by atoms with Crippen molar-refractivity contribution in [3.8, 4) is 5.75 Å². The molecule has 1 amide bonds. The molecule has 2 aromatic carbocycles. The van der Waals surface area contributed by atoms with Crippen molar-refractivity contribution < 1.29 is 18.3 Å². The molecule has 27 heavy (non-hydrogen) atoms. The van der Waals surface area contributed by atoms with Gasteiger partial charge in [-0.2, -0.15) is 4.31 Å². The monoisotopic (exact) mass is 388 g/mol. The Morgan fingerprint density at radius 2 is 1.93 bits per heavy atom. The molecule has 6 nitrogen and oxygen atoms in total. The Labute approximate surface area is 159 Å². The number of sulfonamides is 1. The van der Waals surface area contributed by atoms with Gasteiger partial charge < -0.3 is 10.4 Å². The van der Waals surface area contributed by atoms with Crippen molar-refractivity contribution in [1.29, 1.82) is 0 Å². The molecule has 0 spiro atoms. The number of aromatic hydroxyl groups is 1. The van der Waals surface area contributed by atoms with Crippen LogP contribution in [0.3, 0.4) is 0 Å². The fraction of sp³-hybridized carbons (Fsp3) is 0.350. The van der Waals surface area contributed by atoms with Crippen LogP contribution in [-0.2, 0) is 10.0 Å². The average Bonchev–Trinajstić information content (AvgIpc) is 2.64. The van der Waals surface area contributed by atoms with E-state index in [0.717, 1.165) is 19.3 Å². The van der Waals surface area contributed by atoms with Crippen LogP contribution >= 0.6 is 0 Å². The quantitative estimate of drug-likeness (QED) is 0.785. The molecule has 3 rings (SSSR count). The topological polar surface area (TPSA) is 86.7 Å². The summed E-state index contributed by atoms with van der Waals surface area (Å²) < 4.78 is 27.6. The highest BCUT2D eigenvalue weighted by Gasteiger charge is 2.31. The summed E-state index contributed by atoms with van der Waals surface area (Å²) in [6.07, 6.45) is 2.71. The van der Waals surface area contributed by atoms with Gasteiger partial charge in [-0.1, -0.05) is 24.6 Å². The lowest BCUT2D eigenvalue weighted by molar-refractivity contribution is 0.102. The summed E-state index contributed by atoms with van der Waals surface area (Å²) in [5, 5.41) is 12.5. The Morgan fingerprint density at radius 1 is 1.19 bits per heavy atom. The first-order valence-electron chi connectivity index (χ1n) is 9.02. The number of hydrogen-bond donors (Lipinski definition) is 2. The molecule has 1 fully saturated rings. The SMILES string of the molecule is Cc1ccc(S(=O)(=O)N2CCCC[C@H]2C)cc1C(=O)Nc1ccccc1O. The zero-order chi connectivity index (χ0) is 19.6. The molecular weight excluding hydrogens is 364 g/mol. The number of para-hydroxylation sites is 2. The number of hydrogen-bond acceptors (Lipinski definition) is 4. The minimum Gasteiger partial charge on any atom is -0.506 e. The van der Waals surface area contributed by atoms with Crippen molar-refractivity contribution in [2.24, 2.45) is 0 Å². The van der Waals surface area contributed by atoms with E-state index in [1.807, 2.05) is 6.92 Å². The molecule has 2 N–H and O–H groups in total. The third-order valence-corrected chi connectivity index (χ3v) is 6.96. The van der Waals surface area contributed by atoms with E-state index >= 15 is 0 Å². The summed E-state index contributed by atoms with van der Waals surface area (Å²) in [6.45, 7) is 4.16. The van der Waals surface area contributed by atoms with Gasteiger partial charge in [-0.3, -0.25) is 4.79 Å². The van der Waals surface area contributed by atoms with Gasteiger partial charge in [0, 0.05) is 18.2 Å². The van der Waals surface area contributed by atoms with E-state index < -0.39 is 15.9 Å². The van der Waals surface area contributed by atoms with E-state index in [2.05, 4.69) is 5.32 Å². The third kappa shape index (κ3) is 3.99. The lowest BCUT2D eigenvalue weighted by Gasteiger charge is -2.32. The van der Waals surface area contributed by atoms with Crippen LogP contribution in [0, 0.1) is 6.92 Å². The van der Waals surface area contributed by atoms with Crippen LogP contribution in [0.4, 0.5) is 5.69 Å². The second kappa shape index (κ2) is 7.70. The molecular formula is C20H24N2O4S. The fourth-order valence-corrected chi connectivity index (χ4v) is 5.07. The van der Waals surface area contributed by atoms with Crippen LogP contribution in [0.25, 0.3) is 0 Å². The van der Waals surface area contributed by atoms with E-state index in [1.165, 1.54) is 16.4 Å². The molecule has 1 atom stereocenters. The summed E-state index contributed by atoms with van der Waals surface area (Å²) in [6, 6.07) is 11.0. The number of amides is 1. The number of rotatable bonds is 4. The molecule has 1 aliphatic rings. The predicted octanol–water partition coefficient (Wildman–Crippen LogP) is 3.52. The molecule has 144 valence electrons. The summed E-state index contributed by atoms with van der Waals surface area (Å²) in [5.74, 6) is -0.507. The Kier molecular flexibility index (Phi) is 5.53. The molecule has 0 radical (unpaired) electrons. The number of carbonyl (C=O) groups excluding carboxylic acids is 1. The van der Waals surface area contributed by atoms with Crippen LogP contribution in [0.2, 0.25) is 0 Å². The minimum atomic E-state index is -3.66. The number of carbonyl (C=O) groups is 1. The minimum absolute atomic E-state index is 0.0468. The predicted molar refractivity (Wildman–Crippen MR) is 104 cm³/mol. The van der Waals surface area contributed by atoms with E-state index in [4.69, 9.17) is 0 Å². The Morgan fingerprint density at radius 3 is 2.63 bits per heavy atom. The molecule has 1 aliphatic heterocycles. The Balaban J connectivity index is 1.92. The van der Waals surface area contributed by atoms with Gasteiger partial charge in [0.1, 0.15) is 5.75 Å². The molecule has 0 saturated carbocycles. The number of anilines is 1. The van der Waals surface area contributed by atoms with Crippen molar-refractivity contribution in [1.82, 2.24) is 4.31 Å². The number of piperidine rings is 1. The summed E-state index contributed by atoms with van der Waals surface area (Å²) in [4.78, 5) is 12.8. The van der Waals surface area contributed by atoms with E-state index in [0.29, 0.717) is 12.1 Å². The van der Waals surface area contributed by atoms with Gasteiger partial charge in [0.05, 0.1) is 10.6 Å². The van der Waals surface area contributed by atoms with E-state index in [1.54, 1.807) is 37.3 Å². The first-order chi connectivity index (χ1) is 12.8. The fourth-order valence-electron chi connectivity index (χ4n) is 3.34. The number of aryl methyl sites for hydroxylation is 1. The average molecular weight is 388 g/mol. The molecule has 0 unspecified atom stereocenters. The van der Waals surface area contributed by atoms with Crippen LogP contribution in [0.15, 0.2) is 47.4 Å². The Hall–Kier alpha value is -2.38. The maximum Gasteiger partial charge on any atom is 0.256 e. The second-order valence-electron chi connectivity index (χ2n) is 6.91. The highest BCUT2D eigenvalue weighted by Crippen LogP contribution is 2.27. The van der Waals surface area contributed by atoms with Gasteiger partial charge in [0.25, 0.3) is 5.91 Å². The molecule has 1 saturated heterocycles. The van der Waals surface area contributed by atoms with Crippen molar-refractivity contribution in [3.63, 3.8) is 0 Å². The maximum absolute atomic E-state index is 13.1. The summed E-state index contributed by atoms with van der Waals surface area (Å²) >= 11 is 0. The lowest BCUT2D eigenvalue weighted by atomic mass is 10.1. The van der Waals surface area contributed by atoms with Gasteiger partial charge in [-0.05, 0) is 56.5 Å². The van der Waals surface area contributed by atoms with Gasteiger partial charge in [0.2, 0.25) is 10.0 Å². The second-order valence-corrected chi connectivity index (χ2v) is 8.80. The number of nitrogens with zero attached hydrogens (tertiary/aromatic N) is 1. The van der Waals surface area contributed by atoms with Crippen molar-refractivity contribution in [2.45, 2.75) is 44.0 Å². The Bertz CT molecular complexity index is 956. The highest BCUT2D eigenvalue weighted by molar-refractivity contribution is 7.89. The maximum atomic E-state index is 13.1. The van der Waals surface area contributed by atoms with Crippen LogP contribution in [0.1, 0.15) is 42.1 Å². The lowest BCUT2D eigenvalue weighted by Crippen LogP contribution is -2.42. The molecule has 0 aromatic heterocycles. The van der Waals surface area contributed by atoms with Crippen LogP contribution in [0.5, 0.6) is 5.75 Å². The zero-order valence-corrected chi connectivity index (χ0v) is 16.3. The van der Waals surface area contributed by atoms with Crippen LogP contribution < -0.4 is 5.32 Å².